The van der Waals surface area contributed by atoms with Gasteiger partial charge >= 0.3 is 0 Å². The first-order chi connectivity index (χ1) is 8.15. The van der Waals surface area contributed by atoms with E-state index in [1.54, 1.807) is 0 Å². The number of carbonyl (C=O) groups is 4. The van der Waals surface area contributed by atoms with Gasteiger partial charge in [0, 0.05) is 38.1 Å². The minimum absolute atomic E-state index is 0.171. The lowest BCUT2D eigenvalue weighted by atomic mass is 10.2. The van der Waals surface area contributed by atoms with Crippen molar-refractivity contribution in [1.29, 1.82) is 0 Å². The summed E-state index contributed by atoms with van der Waals surface area (Å²) in [6.45, 7) is 0.406. The van der Waals surface area contributed by atoms with Crippen LogP contribution in [-0.2, 0) is 19.2 Å². The van der Waals surface area contributed by atoms with Gasteiger partial charge in [0.25, 0.3) is 11.8 Å². The van der Waals surface area contributed by atoms with Gasteiger partial charge in [-0.1, -0.05) is 0 Å². The number of hydrogen-bond donors (Lipinski definition) is 1. The molecule has 6 nitrogen and oxygen atoms in total. The number of rotatable bonds is 7. The summed E-state index contributed by atoms with van der Waals surface area (Å²) in [6.07, 6.45) is 4.32. The highest BCUT2D eigenvalue weighted by Gasteiger charge is 2.22. The Hall–Kier alpha value is -1.98. The van der Waals surface area contributed by atoms with Crippen LogP contribution in [0.4, 0.5) is 0 Å². The molecule has 1 aliphatic rings. The van der Waals surface area contributed by atoms with Gasteiger partial charge in [0.2, 0.25) is 5.91 Å². The van der Waals surface area contributed by atoms with Crippen LogP contribution in [0.1, 0.15) is 19.3 Å². The maximum atomic E-state index is 11.2. The number of nitrogens with one attached hydrogen (secondary N) is 1. The molecule has 92 valence electrons. The largest absolute Gasteiger partial charge is 0.354 e. The van der Waals surface area contributed by atoms with Crippen LogP contribution in [0.3, 0.4) is 0 Å². The summed E-state index contributed by atoms with van der Waals surface area (Å²) in [7, 11) is 0. The maximum Gasteiger partial charge on any atom is 0.253 e. The SMILES string of the molecule is O=CCCCC(=O)NCCN1C(=O)C=CC1=O. The second-order valence-electron chi connectivity index (χ2n) is 3.57. The van der Waals surface area contributed by atoms with Crippen molar-refractivity contribution < 1.29 is 19.2 Å². The topological polar surface area (TPSA) is 83.6 Å². The number of imide groups is 1. The molecule has 0 unspecified atom stereocenters. The van der Waals surface area contributed by atoms with Crippen molar-refractivity contribution in [2.75, 3.05) is 13.1 Å². The van der Waals surface area contributed by atoms with Gasteiger partial charge in [-0.2, -0.15) is 0 Å². The first kappa shape index (κ1) is 13.1. The highest BCUT2D eigenvalue weighted by atomic mass is 16.2. The summed E-state index contributed by atoms with van der Waals surface area (Å²) in [4.78, 5) is 44.6. The minimum Gasteiger partial charge on any atom is -0.354 e. The van der Waals surface area contributed by atoms with E-state index in [9.17, 15) is 19.2 Å². The van der Waals surface area contributed by atoms with Crippen molar-refractivity contribution >= 4 is 24.0 Å². The fourth-order valence-corrected chi connectivity index (χ4v) is 1.39. The molecule has 0 saturated carbocycles. The van der Waals surface area contributed by atoms with Crippen LogP contribution in [-0.4, -0.2) is 42.0 Å². The van der Waals surface area contributed by atoms with E-state index in [-0.39, 0.29) is 37.2 Å². The lowest BCUT2D eigenvalue weighted by Crippen LogP contribution is -2.38. The summed E-state index contributed by atoms with van der Waals surface area (Å²) in [5.74, 6) is -0.894. The van der Waals surface area contributed by atoms with Gasteiger partial charge < -0.3 is 10.1 Å². The quantitative estimate of drug-likeness (QED) is 0.364. The Labute approximate surface area is 98.6 Å². The fourth-order valence-electron chi connectivity index (χ4n) is 1.39. The van der Waals surface area contributed by atoms with E-state index in [2.05, 4.69) is 5.32 Å². The lowest BCUT2D eigenvalue weighted by molar-refractivity contribution is -0.137. The monoisotopic (exact) mass is 238 g/mol. The molecule has 17 heavy (non-hydrogen) atoms. The Kier molecular flexibility index (Phi) is 5.06. The molecule has 0 saturated heterocycles. The third kappa shape index (κ3) is 4.18. The average Bonchev–Trinajstić information content (AvgIpc) is 2.61. The van der Waals surface area contributed by atoms with E-state index >= 15 is 0 Å². The maximum absolute atomic E-state index is 11.2. The van der Waals surface area contributed by atoms with Crippen LogP contribution < -0.4 is 5.32 Å². The molecule has 0 atom stereocenters. The second-order valence-corrected chi connectivity index (χ2v) is 3.57. The van der Waals surface area contributed by atoms with Crippen LogP contribution in [0.15, 0.2) is 12.2 Å². The first-order valence-corrected chi connectivity index (χ1v) is 5.39. The predicted molar refractivity (Wildman–Crippen MR) is 58.8 cm³/mol. The lowest BCUT2D eigenvalue weighted by Gasteiger charge is -2.13. The van der Waals surface area contributed by atoms with Crippen LogP contribution in [0.5, 0.6) is 0 Å². The zero-order valence-electron chi connectivity index (χ0n) is 9.35. The van der Waals surface area contributed by atoms with E-state index in [4.69, 9.17) is 0 Å². The van der Waals surface area contributed by atoms with Crippen molar-refractivity contribution in [1.82, 2.24) is 10.2 Å². The van der Waals surface area contributed by atoms with Gasteiger partial charge in [-0.05, 0) is 6.42 Å². The Morgan fingerprint density at radius 1 is 1.29 bits per heavy atom. The molecule has 0 radical (unpaired) electrons. The molecule has 0 aromatic rings. The van der Waals surface area contributed by atoms with Gasteiger partial charge in [-0.15, -0.1) is 0 Å². The van der Waals surface area contributed by atoms with Gasteiger partial charge in [-0.3, -0.25) is 19.3 Å². The summed E-state index contributed by atoms with van der Waals surface area (Å²) < 4.78 is 0. The number of aldehydes is 1. The molecule has 3 amide bonds. The Balaban J connectivity index is 2.15. The zero-order chi connectivity index (χ0) is 12.7. The van der Waals surface area contributed by atoms with E-state index in [0.717, 1.165) is 11.2 Å². The van der Waals surface area contributed by atoms with E-state index < -0.39 is 0 Å². The van der Waals surface area contributed by atoms with E-state index in [1.807, 2.05) is 0 Å². The Bertz CT molecular complexity index is 344. The fraction of sp³-hybridized carbons (Fsp3) is 0.455. The van der Waals surface area contributed by atoms with Gasteiger partial charge in [-0.25, -0.2) is 0 Å². The predicted octanol–water partition coefficient (Wildman–Crippen LogP) is -0.603. The van der Waals surface area contributed by atoms with Crippen LogP contribution in [0.25, 0.3) is 0 Å². The molecule has 1 aliphatic heterocycles. The van der Waals surface area contributed by atoms with E-state index in [0.29, 0.717) is 12.8 Å². The molecule has 0 aliphatic carbocycles. The number of amides is 3. The van der Waals surface area contributed by atoms with Crippen molar-refractivity contribution in [2.45, 2.75) is 19.3 Å². The zero-order valence-corrected chi connectivity index (χ0v) is 9.35. The summed E-state index contributed by atoms with van der Waals surface area (Å²) in [6, 6.07) is 0. The summed E-state index contributed by atoms with van der Waals surface area (Å²) in [5.41, 5.74) is 0. The van der Waals surface area contributed by atoms with Gasteiger partial charge in [0.15, 0.2) is 0 Å². The first-order valence-electron chi connectivity index (χ1n) is 5.39. The molecular weight excluding hydrogens is 224 g/mol. The molecule has 0 aromatic carbocycles. The molecular formula is C11H14N2O4. The third-order valence-corrected chi connectivity index (χ3v) is 2.28. The summed E-state index contributed by atoms with van der Waals surface area (Å²) in [5, 5.41) is 2.58. The third-order valence-electron chi connectivity index (χ3n) is 2.28. The van der Waals surface area contributed by atoms with Crippen LogP contribution in [0, 0.1) is 0 Å². The molecule has 0 fully saturated rings. The number of hydrogen-bond acceptors (Lipinski definition) is 4. The van der Waals surface area contributed by atoms with Crippen molar-refractivity contribution in [2.24, 2.45) is 0 Å². The van der Waals surface area contributed by atoms with Crippen LogP contribution >= 0.6 is 0 Å². The van der Waals surface area contributed by atoms with Crippen molar-refractivity contribution in [3.05, 3.63) is 12.2 Å². The molecule has 0 bridgehead atoms. The normalized spacial score (nSPS) is 14.2. The van der Waals surface area contributed by atoms with Crippen LogP contribution in [0.2, 0.25) is 0 Å². The smallest absolute Gasteiger partial charge is 0.253 e. The number of nitrogens with zero attached hydrogens (tertiary/aromatic N) is 1. The summed E-state index contributed by atoms with van der Waals surface area (Å²) >= 11 is 0. The average molecular weight is 238 g/mol. The van der Waals surface area contributed by atoms with E-state index in [1.165, 1.54) is 12.2 Å². The standard InChI is InChI=1S/C11H14N2O4/c14-8-2-1-3-9(15)12-6-7-13-10(16)4-5-11(13)17/h4-5,8H,1-3,6-7H2,(H,12,15). The Morgan fingerprint density at radius 3 is 2.53 bits per heavy atom. The Morgan fingerprint density at radius 2 is 1.94 bits per heavy atom. The second kappa shape index (κ2) is 6.57. The van der Waals surface area contributed by atoms with Crippen molar-refractivity contribution in [3.8, 4) is 0 Å². The molecule has 6 heteroatoms. The molecule has 1 heterocycles. The minimum atomic E-state index is -0.356. The number of unbranched alkanes of at least 4 members (excludes halogenated alkanes) is 1. The molecule has 1 N–H and O–H groups in total. The highest BCUT2D eigenvalue weighted by molar-refractivity contribution is 6.12. The van der Waals surface area contributed by atoms with Gasteiger partial charge in [0.1, 0.15) is 6.29 Å². The molecule has 0 aromatic heterocycles. The highest BCUT2D eigenvalue weighted by Crippen LogP contribution is 2.01. The number of carbonyl (C=O) groups excluding carboxylic acids is 4. The molecule has 0 spiro atoms. The van der Waals surface area contributed by atoms with Gasteiger partial charge in [0.05, 0.1) is 0 Å². The molecule has 1 rings (SSSR count). The van der Waals surface area contributed by atoms with Crippen molar-refractivity contribution in [3.63, 3.8) is 0 Å².